The van der Waals surface area contributed by atoms with E-state index < -0.39 is 0 Å². The molecule has 0 aliphatic heterocycles. The third kappa shape index (κ3) is 2.56. The van der Waals surface area contributed by atoms with Gasteiger partial charge in [-0.15, -0.1) is 0 Å². The number of aromatic nitrogens is 3. The zero-order valence-electron chi connectivity index (χ0n) is 9.53. The fourth-order valence-corrected chi connectivity index (χ4v) is 2.61. The lowest BCUT2D eigenvalue weighted by Crippen LogP contribution is -2.42. The van der Waals surface area contributed by atoms with Gasteiger partial charge in [-0.3, -0.25) is 5.10 Å². The molecular weight excluding hydrogens is 188 g/mol. The Kier molecular flexibility index (Phi) is 3.36. The van der Waals surface area contributed by atoms with Gasteiger partial charge in [0, 0.05) is 6.04 Å². The molecule has 4 heteroatoms. The summed E-state index contributed by atoms with van der Waals surface area (Å²) in [7, 11) is 0. The number of nitrogens with zero attached hydrogens (tertiary/aromatic N) is 2. The SMILES string of the molecule is CC1CCCC(C)C1NCc1ncn[nH]1. The second-order valence-electron chi connectivity index (χ2n) is 4.72. The van der Waals surface area contributed by atoms with Crippen LogP contribution >= 0.6 is 0 Å². The number of hydrogen-bond donors (Lipinski definition) is 2. The summed E-state index contributed by atoms with van der Waals surface area (Å²) in [4.78, 5) is 4.12. The smallest absolute Gasteiger partial charge is 0.138 e. The van der Waals surface area contributed by atoms with E-state index in [4.69, 9.17) is 0 Å². The topological polar surface area (TPSA) is 53.6 Å². The molecule has 1 saturated carbocycles. The van der Waals surface area contributed by atoms with Gasteiger partial charge in [-0.2, -0.15) is 5.10 Å². The van der Waals surface area contributed by atoms with Crippen LogP contribution in [0.25, 0.3) is 0 Å². The molecule has 0 spiro atoms. The number of aromatic amines is 1. The van der Waals surface area contributed by atoms with Crippen LogP contribution in [0.15, 0.2) is 6.33 Å². The van der Waals surface area contributed by atoms with Crippen LogP contribution in [0.2, 0.25) is 0 Å². The first kappa shape index (κ1) is 10.6. The van der Waals surface area contributed by atoms with E-state index in [-0.39, 0.29) is 0 Å². The van der Waals surface area contributed by atoms with Crippen molar-refractivity contribution in [3.8, 4) is 0 Å². The highest BCUT2D eigenvalue weighted by molar-refractivity contribution is 4.86. The molecular formula is C11H20N4. The Balaban J connectivity index is 1.86. The summed E-state index contributed by atoms with van der Waals surface area (Å²) in [6.07, 6.45) is 5.63. The maximum Gasteiger partial charge on any atom is 0.138 e. The van der Waals surface area contributed by atoms with E-state index in [1.165, 1.54) is 19.3 Å². The van der Waals surface area contributed by atoms with Crippen LogP contribution in [-0.2, 0) is 6.54 Å². The van der Waals surface area contributed by atoms with E-state index >= 15 is 0 Å². The van der Waals surface area contributed by atoms with Crippen molar-refractivity contribution >= 4 is 0 Å². The van der Waals surface area contributed by atoms with E-state index in [0.29, 0.717) is 6.04 Å². The van der Waals surface area contributed by atoms with Gasteiger partial charge in [0.25, 0.3) is 0 Å². The first-order valence-electron chi connectivity index (χ1n) is 5.85. The van der Waals surface area contributed by atoms with Crippen molar-refractivity contribution in [3.63, 3.8) is 0 Å². The van der Waals surface area contributed by atoms with Crippen LogP contribution in [0.3, 0.4) is 0 Å². The van der Waals surface area contributed by atoms with E-state index in [0.717, 1.165) is 24.2 Å². The normalized spacial score (nSPS) is 31.7. The van der Waals surface area contributed by atoms with Crippen LogP contribution in [0, 0.1) is 11.8 Å². The Morgan fingerprint density at radius 1 is 1.40 bits per heavy atom. The molecule has 2 atom stereocenters. The molecule has 0 bridgehead atoms. The molecule has 1 aromatic heterocycles. The maximum absolute atomic E-state index is 4.12. The zero-order chi connectivity index (χ0) is 10.7. The summed E-state index contributed by atoms with van der Waals surface area (Å²) in [5, 5.41) is 10.3. The van der Waals surface area contributed by atoms with Gasteiger partial charge in [0.1, 0.15) is 12.2 Å². The minimum atomic E-state index is 0.629. The highest BCUT2D eigenvalue weighted by Gasteiger charge is 2.27. The molecule has 0 radical (unpaired) electrons. The molecule has 1 fully saturated rings. The Labute approximate surface area is 90.9 Å². The van der Waals surface area contributed by atoms with Gasteiger partial charge >= 0.3 is 0 Å². The minimum absolute atomic E-state index is 0.629. The van der Waals surface area contributed by atoms with Gasteiger partial charge in [-0.1, -0.05) is 20.3 Å². The van der Waals surface area contributed by atoms with Gasteiger partial charge < -0.3 is 5.32 Å². The lowest BCUT2D eigenvalue weighted by Gasteiger charge is -2.35. The third-order valence-electron chi connectivity index (χ3n) is 3.52. The Morgan fingerprint density at radius 3 is 2.73 bits per heavy atom. The van der Waals surface area contributed by atoms with Crippen molar-refractivity contribution in [1.29, 1.82) is 0 Å². The Hall–Kier alpha value is -0.900. The highest BCUT2D eigenvalue weighted by Crippen LogP contribution is 2.28. The summed E-state index contributed by atoms with van der Waals surface area (Å²) in [5.41, 5.74) is 0. The lowest BCUT2D eigenvalue weighted by atomic mass is 9.79. The molecule has 0 amide bonds. The highest BCUT2D eigenvalue weighted by atomic mass is 15.2. The minimum Gasteiger partial charge on any atom is -0.307 e. The molecule has 1 aliphatic carbocycles. The van der Waals surface area contributed by atoms with Gasteiger partial charge in [0.15, 0.2) is 0 Å². The predicted octanol–water partition coefficient (Wildman–Crippen LogP) is 1.72. The van der Waals surface area contributed by atoms with Crippen LogP contribution in [0.5, 0.6) is 0 Å². The van der Waals surface area contributed by atoms with Crippen molar-refractivity contribution in [3.05, 3.63) is 12.2 Å². The molecule has 2 unspecified atom stereocenters. The second-order valence-corrected chi connectivity index (χ2v) is 4.72. The molecule has 1 heterocycles. The maximum atomic E-state index is 4.12. The number of nitrogens with one attached hydrogen (secondary N) is 2. The van der Waals surface area contributed by atoms with Crippen molar-refractivity contribution in [1.82, 2.24) is 20.5 Å². The van der Waals surface area contributed by atoms with Crippen molar-refractivity contribution in [2.24, 2.45) is 11.8 Å². The molecule has 1 aliphatic rings. The van der Waals surface area contributed by atoms with Crippen LogP contribution < -0.4 is 5.32 Å². The average molecular weight is 208 g/mol. The summed E-state index contributed by atoms with van der Waals surface area (Å²) in [6, 6.07) is 0.629. The van der Waals surface area contributed by atoms with Crippen molar-refractivity contribution in [2.75, 3.05) is 0 Å². The van der Waals surface area contributed by atoms with E-state index in [2.05, 4.69) is 34.3 Å². The summed E-state index contributed by atoms with van der Waals surface area (Å²) in [5.74, 6) is 2.48. The summed E-state index contributed by atoms with van der Waals surface area (Å²) in [6.45, 7) is 5.49. The van der Waals surface area contributed by atoms with Crippen molar-refractivity contribution in [2.45, 2.75) is 45.7 Å². The predicted molar refractivity (Wildman–Crippen MR) is 59.2 cm³/mol. The second kappa shape index (κ2) is 4.75. The number of H-pyrrole nitrogens is 1. The van der Waals surface area contributed by atoms with Gasteiger partial charge in [-0.25, -0.2) is 4.98 Å². The van der Waals surface area contributed by atoms with E-state index in [1.807, 2.05) is 0 Å². The zero-order valence-corrected chi connectivity index (χ0v) is 9.53. The van der Waals surface area contributed by atoms with Crippen molar-refractivity contribution < 1.29 is 0 Å². The number of rotatable bonds is 3. The third-order valence-corrected chi connectivity index (χ3v) is 3.52. The Bertz CT molecular complexity index is 273. The quantitative estimate of drug-likeness (QED) is 0.795. The fourth-order valence-electron chi connectivity index (χ4n) is 2.61. The molecule has 15 heavy (non-hydrogen) atoms. The molecule has 0 saturated heterocycles. The molecule has 1 aromatic rings. The molecule has 2 rings (SSSR count). The monoisotopic (exact) mass is 208 g/mol. The van der Waals surface area contributed by atoms with E-state index in [1.54, 1.807) is 6.33 Å². The first-order valence-corrected chi connectivity index (χ1v) is 5.85. The van der Waals surface area contributed by atoms with Gasteiger partial charge in [0.05, 0.1) is 6.54 Å². The standard InChI is InChI=1S/C11H20N4/c1-8-4-3-5-9(2)11(8)12-6-10-13-7-14-15-10/h7-9,11-12H,3-6H2,1-2H3,(H,13,14,15). The first-order chi connectivity index (χ1) is 7.27. The van der Waals surface area contributed by atoms with Crippen LogP contribution in [0.1, 0.15) is 38.9 Å². The van der Waals surface area contributed by atoms with E-state index in [9.17, 15) is 0 Å². The fraction of sp³-hybridized carbons (Fsp3) is 0.818. The average Bonchev–Trinajstić information content (AvgIpc) is 2.70. The largest absolute Gasteiger partial charge is 0.307 e. The van der Waals surface area contributed by atoms with Gasteiger partial charge in [-0.05, 0) is 24.7 Å². The summed E-state index contributed by atoms with van der Waals surface area (Å²) < 4.78 is 0. The molecule has 0 aromatic carbocycles. The number of hydrogen-bond acceptors (Lipinski definition) is 3. The van der Waals surface area contributed by atoms with Gasteiger partial charge in [0.2, 0.25) is 0 Å². The van der Waals surface area contributed by atoms with Crippen LogP contribution in [-0.4, -0.2) is 21.2 Å². The molecule has 84 valence electrons. The molecule has 4 nitrogen and oxygen atoms in total. The van der Waals surface area contributed by atoms with Crippen LogP contribution in [0.4, 0.5) is 0 Å². The lowest BCUT2D eigenvalue weighted by molar-refractivity contribution is 0.206. The summed E-state index contributed by atoms with van der Waals surface area (Å²) >= 11 is 0. The Morgan fingerprint density at radius 2 is 2.13 bits per heavy atom. The molecule has 2 N–H and O–H groups in total.